The van der Waals surface area contributed by atoms with Crippen molar-refractivity contribution in [2.45, 2.75) is 13.5 Å². The normalized spacial score (nSPS) is 10.4. The van der Waals surface area contributed by atoms with Crippen LogP contribution in [0.1, 0.15) is 21.8 Å². The van der Waals surface area contributed by atoms with Crippen LogP contribution in [0.5, 0.6) is 5.75 Å². The maximum Gasteiger partial charge on any atom is 0.277 e. The Morgan fingerprint density at radius 2 is 2.00 bits per heavy atom. The van der Waals surface area contributed by atoms with Crippen LogP contribution in [0.3, 0.4) is 0 Å². The van der Waals surface area contributed by atoms with Crippen molar-refractivity contribution in [3.05, 3.63) is 77.4 Å². The van der Waals surface area contributed by atoms with Crippen LogP contribution < -0.4 is 10.1 Å². The number of hydrogen-bond donors (Lipinski definition) is 1. The van der Waals surface area contributed by atoms with Crippen LogP contribution in [-0.4, -0.2) is 11.1 Å². The average molecular weight is 326 g/mol. The molecule has 1 heterocycles. The summed E-state index contributed by atoms with van der Waals surface area (Å²) in [5.41, 5.74) is 1.64. The molecular formula is C18H15FN2O3. The summed E-state index contributed by atoms with van der Waals surface area (Å²) in [7, 11) is 0. The molecule has 0 spiro atoms. The van der Waals surface area contributed by atoms with Crippen LogP contribution >= 0.6 is 0 Å². The van der Waals surface area contributed by atoms with Crippen LogP contribution in [0.25, 0.3) is 0 Å². The number of benzene rings is 2. The Morgan fingerprint density at radius 1 is 1.21 bits per heavy atom. The summed E-state index contributed by atoms with van der Waals surface area (Å²) in [5, 5.41) is 6.40. The number of ether oxygens (including phenoxy) is 1. The van der Waals surface area contributed by atoms with E-state index >= 15 is 0 Å². The van der Waals surface area contributed by atoms with Crippen molar-refractivity contribution in [2.75, 3.05) is 5.32 Å². The van der Waals surface area contributed by atoms with Crippen LogP contribution in [0.4, 0.5) is 10.1 Å². The molecule has 122 valence electrons. The van der Waals surface area contributed by atoms with Gasteiger partial charge in [-0.25, -0.2) is 4.39 Å². The largest absolute Gasteiger partial charge is 0.489 e. The first-order chi connectivity index (χ1) is 11.6. The zero-order chi connectivity index (χ0) is 16.9. The van der Waals surface area contributed by atoms with Gasteiger partial charge in [0, 0.05) is 17.8 Å². The summed E-state index contributed by atoms with van der Waals surface area (Å²) in [5.74, 6) is 0.513. The fourth-order valence-electron chi connectivity index (χ4n) is 2.08. The quantitative estimate of drug-likeness (QED) is 0.771. The Bertz CT molecular complexity index is 843. The first-order valence-corrected chi connectivity index (χ1v) is 7.32. The standard InChI is InChI=1S/C18H15FN2O3/c1-12-9-17(21-24-12)18(22)20-15-3-2-4-16(10-15)23-11-13-5-7-14(19)8-6-13/h2-10H,11H2,1H3,(H,20,22). The maximum atomic E-state index is 12.9. The smallest absolute Gasteiger partial charge is 0.277 e. The number of amides is 1. The number of nitrogens with zero attached hydrogens (tertiary/aromatic N) is 1. The van der Waals surface area contributed by atoms with E-state index in [1.165, 1.54) is 12.1 Å². The van der Waals surface area contributed by atoms with Crippen molar-refractivity contribution in [2.24, 2.45) is 0 Å². The number of nitrogens with one attached hydrogen (secondary N) is 1. The van der Waals surface area contributed by atoms with Gasteiger partial charge >= 0.3 is 0 Å². The number of aromatic nitrogens is 1. The third kappa shape index (κ3) is 3.98. The molecule has 0 aliphatic heterocycles. The van der Waals surface area contributed by atoms with Crippen molar-refractivity contribution in [3.8, 4) is 5.75 Å². The third-order valence-corrected chi connectivity index (χ3v) is 3.27. The minimum absolute atomic E-state index is 0.213. The number of aryl methyl sites for hydroxylation is 1. The van der Waals surface area contributed by atoms with E-state index < -0.39 is 0 Å². The summed E-state index contributed by atoms with van der Waals surface area (Å²) in [4.78, 5) is 12.0. The molecule has 0 fully saturated rings. The summed E-state index contributed by atoms with van der Waals surface area (Å²) < 4.78 is 23.4. The fourth-order valence-corrected chi connectivity index (χ4v) is 2.08. The second kappa shape index (κ2) is 6.95. The van der Waals surface area contributed by atoms with Gasteiger partial charge in [0.25, 0.3) is 5.91 Å². The zero-order valence-corrected chi connectivity index (χ0v) is 13.0. The number of anilines is 1. The Balaban J connectivity index is 1.63. The van der Waals surface area contributed by atoms with Crippen molar-refractivity contribution in [1.82, 2.24) is 5.16 Å². The number of carbonyl (C=O) groups is 1. The molecule has 1 N–H and O–H groups in total. The van der Waals surface area contributed by atoms with E-state index in [-0.39, 0.29) is 17.4 Å². The van der Waals surface area contributed by atoms with Gasteiger partial charge in [-0.1, -0.05) is 23.4 Å². The molecule has 3 rings (SSSR count). The second-order valence-electron chi connectivity index (χ2n) is 5.22. The Labute approximate surface area is 138 Å². The van der Waals surface area contributed by atoms with E-state index in [9.17, 15) is 9.18 Å². The molecule has 0 bridgehead atoms. The van der Waals surface area contributed by atoms with Crippen molar-refractivity contribution < 1.29 is 18.4 Å². The molecule has 0 aliphatic rings. The molecule has 24 heavy (non-hydrogen) atoms. The van der Waals surface area contributed by atoms with Gasteiger partial charge in [0.05, 0.1) is 0 Å². The minimum atomic E-state index is -0.359. The van der Waals surface area contributed by atoms with E-state index in [0.717, 1.165) is 5.56 Å². The molecule has 2 aromatic carbocycles. The highest BCUT2D eigenvalue weighted by Crippen LogP contribution is 2.19. The van der Waals surface area contributed by atoms with Crippen LogP contribution in [0.15, 0.2) is 59.1 Å². The van der Waals surface area contributed by atoms with Gasteiger partial charge in [-0.2, -0.15) is 0 Å². The van der Waals surface area contributed by atoms with E-state index in [1.54, 1.807) is 49.4 Å². The number of hydrogen-bond acceptors (Lipinski definition) is 4. The first kappa shape index (κ1) is 15.7. The van der Waals surface area contributed by atoms with Gasteiger partial charge in [0.1, 0.15) is 23.9 Å². The second-order valence-corrected chi connectivity index (χ2v) is 5.22. The zero-order valence-electron chi connectivity index (χ0n) is 13.0. The molecule has 0 atom stereocenters. The Kier molecular flexibility index (Phi) is 4.56. The predicted molar refractivity (Wildman–Crippen MR) is 86.4 cm³/mol. The molecule has 0 saturated carbocycles. The monoisotopic (exact) mass is 326 g/mol. The predicted octanol–water partition coefficient (Wildman–Crippen LogP) is 3.95. The first-order valence-electron chi connectivity index (χ1n) is 7.32. The number of rotatable bonds is 5. The topological polar surface area (TPSA) is 64.4 Å². The fraction of sp³-hybridized carbons (Fsp3) is 0.111. The Hall–Kier alpha value is -3.15. The lowest BCUT2D eigenvalue weighted by Gasteiger charge is -2.09. The molecule has 1 amide bonds. The molecule has 0 saturated heterocycles. The van der Waals surface area contributed by atoms with E-state index in [1.807, 2.05) is 0 Å². The number of halogens is 1. The molecular weight excluding hydrogens is 311 g/mol. The molecule has 6 heteroatoms. The molecule has 5 nitrogen and oxygen atoms in total. The summed E-state index contributed by atoms with van der Waals surface area (Å²) >= 11 is 0. The SMILES string of the molecule is Cc1cc(C(=O)Nc2cccc(OCc3ccc(F)cc3)c2)no1. The van der Waals surface area contributed by atoms with Gasteiger partial charge < -0.3 is 14.6 Å². The lowest BCUT2D eigenvalue weighted by atomic mass is 10.2. The maximum absolute atomic E-state index is 12.9. The number of carbonyl (C=O) groups excluding carboxylic acids is 1. The minimum Gasteiger partial charge on any atom is -0.489 e. The lowest BCUT2D eigenvalue weighted by Crippen LogP contribution is -2.12. The third-order valence-electron chi connectivity index (χ3n) is 3.27. The highest BCUT2D eigenvalue weighted by molar-refractivity contribution is 6.02. The van der Waals surface area contributed by atoms with Crippen LogP contribution in [-0.2, 0) is 6.61 Å². The highest BCUT2D eigenvalue weighted by atomic mass is 19.1. The summed E-state index contributed by atoms with van der Waals surface area (Å²) in [6, 6.07) is 14.6. The van der Waals surface area contributed by atoms with Crippen LogP contribution in [0.2, 0.25) is 0 Å². The van der Waals surface area contributed by atoms with E-state index in [0.29, 0.717) is 23.8 Å². The van der Waals surface area contributed by atoms with Crippen molar-refractivity contribution in [1.29, 1.82) is 0 Å². The molecule has 3 aromatic rings. The van der Waals surface area contributed by atoms with E-state index in [4.69, 9.17) is 9.26 Å². The van der Waals surface area contributed by atoms with Crippen molar-refractivity contribution in [3.63, 3.8) is 0 Å². The Morgan fingerprint density at radius 3 is 2.71 bits per heavy atom. The van der Waals surface area contributed by atoms with Crippen LogP contribution in [0, 0.1) is 12.7 Å². The van der Waals surface area contributed by atoms with Gasteiger partial charge in [0.15, 0.2) is 5.69 Å². The van der Waals surface area contributed by atoms with Gasteiger partial charge in [-0.05, 0) is 36.8 Å². The molecule has 0 radical (unpaired) electrons. The van der Waals surface area contributed by atoms with Gasteiger partial charge in [0.2, 0.25) is 0 Å². The molecule has 1 aromatic heterocycles. The summed E-state index contributed by atoms with van der Waals surface area (Å²) in [6.45, 7) is 2.02. The molecule has 0 unspecified atom stereocenters. The average Bonchev–Trinajstić information content (AvgIpc) is 3.01. The van der Waals surface area contributed by atoms with Gasteiger partial charge in [-0.3, -0.25) is 4.79 Å². The van der Waals surface area contributed by atoms with Gasteiger partial charge in [-0.15, -0.1) is 0 Å². The lowest BCUT2D eigenvalue weighted by molar-refractivity contribution is 0.101. The summed E-state index contributed by atoms with van der Waals surface area (Å²) in [6.07, 6.45) is 0. The van der Waals surface area contributed by atoms with Crippen molar-refractivity contribution >= 4 is 11.6 Å². The molecule has 0 aliphatic carbocycles. The highest BCUT2D eigenvalue weighted by Gasteiger charge is 2.11. The van der Waals surface area contributed by atoms with E-state index in [2.05, 4.69) is 10.5 Å².